The summed E-state index contributed by atoms with van der Waals surface area (Å²) in [5.74, 6) is 1.66. The maximum Gasteiger partial charge on any atom is 0.234 e. The average molecular weight is 390 g/mol. The molecule has 5 heteroatoms. The van der Waals surface area contributed by atoms with Crippen molar-refractivity contribution in [3.8, 4) is 11.5 Å². The van der Waals surface area contributed by atoms with Gasteiger partial charge in [0.15, 0.2) is 11.5 Å². The molecular weight excluding hydrogens is 364 g/mol. The third kappa shape index (κ3) is 3.15. The van der Waals surface area contributed by atoms with Crippen molar-refractivity contribution < 1.29 is 14.3 Å². The van der Waals surface area contributed by atoms with Crippen molar-refractivity contribution in [3.63, 3.8) is 0 Å². The Labute approximate surface area is 170 Å². The molecule has 1 amide bonds. The molecule has 5 nitrogen and oxygen atoms in total. The molecule has 1 aliphatic carbocycles. The number of rotatable bonds is 3. The Hall–Kier alpha value is -2.95. The Bertz CT molecular complexity index is 1120. The van der Waals surface area contributed by atoms with Gasteiger partial charge in [0.2, 0.25) is 12.7 Å². The first-order chi connectivity index (χ1) is 13.8. The number of ether oxygens (including phenoxy) is 2. The number of anilines is 2. The van der Waals surface area contributed by atoms with E-state index < -0.39 is 0 Å². The number of amides is 1. The second kappa shape index (κ2) is 6.28. The maximum atomic E-state index is 13.3. The van der Waals surface area contributed by atoms with E-state index in [9.17, 15) is 4.79 Å². The second-order valence-electron chi connectivity index (χ2n) is 9.15. The van der Waals surface area contributed by atoms with E-state index in [4.69, 9.17) is 9.47 Å². The van der Waals surface area contributed by atoms with Crippen LogP contribution >= 0.6 is 0 Å². The molecule has 0 saturated heterocycles. The van der Waals surface area contributed by atoms with Gasteiger partial charge in [0.1, 0.15) is 0 Å². The first-order valence-corrected chi connectivity index (χ1v) is 10.2. The van der Waals surface area contributed by atoms with Gasteiger partial charge in [0.05, 0.1) is 5.69 Å². The van der Waals surface area contributed by atoms with Gasteiger partial charge in [-0.3, -0.25) is 9.69 Å². The predicted molar refractivity (Wildman–Crippen MR) is 114 cm³/mol. The number of carbonyl (C=O) groups is 1. The first-order valence-electron chi connectivity index (χ1n) is 10.2. The number of aryl methyl sites for hydroxylation is 1. The van der Waals surface area contributed by atoms with E-state index >= 15 is 0 Å². The third-order valence-corrected chi connectivity index (χ3v) is 5.74. The summed E-state index contributed by atoms with van der Waals surface area (Å²) in [5.41, 5.74) is 5.19. The molecule has 3 aromatic rings. The van der Waals surface area contributed by atoms with Crippen LogP contribution in [-0.2, 0) is 10.2 Å². The predicted octanol–water partition coefficient (Wildman–Crippen LogP) is 5.58. The van der Waals surface area contributed by atoms with Crippen LogP contribution in [0.3, 0.4) is 0 Å². The Morgan fingerprint density at radius 3 is 2.52 bits per heavy atom. The number of benzene rings is 2. The smallest absolute Gasteiger partial charge is 0.234 e. The number of nitrogens with one attached hydrogen (secondary N) is 1. The molecule has 2 aromatic carbocycles. The van der Waals surface area contributed by atoms with Gasteiger partial charge < -0.3 is 14.5 Å². The van der Waals surface area contributed by atoms with Crippen LogP contribution in [0.5, 0.6) is 11.5 Å². The lowest BCUT2D eigenvalue weighted by molar-refractivity contribution is -0.119. The highest BCUT2D eigenvalue weighted by atomic mass is 16.7. The zero-order valence-corrected chi connectivity index (χ0v) is 17.3. The monoisotopic (exact) mass is 390 g/mol. The molecule has 150 valence electrons. The molecule has 0 unspecified atom stereocenters. The minimum absolute atomic E-state index is 0.0342. The summed E-state index contributed by atoms with van der Waals surface area (Å²) in [5, 5.41) is 1.12. The van der Waals surface area contributed by atoms with E-state index in [0.29, 0.717) is 5.75 Å². The number of fused-ring (bicyclic) bond motifs is 2. The molecule has 1 fully saturated rings. The Morgan fingerprint density at radius 2 is 1.79 bits per heavy atom. The van der Waals surface area contributed by atoms with E-state index in [1.54, 1.807) is 0 Å². The fraction of sp³-hybridized carbons (Fsp3) is 0.375. The molecule has 1 saturated carbocycles. The average Bonchev–Trinajstić information content (AvgIpc) is 3.23. The van der Waals surface area contributed by atoms with Crippen molar-refractivity contribution in [1.82, 2.24) is 4.98 Å². The summed E-state index contributed by atoms with van der Waals surface area (Å²) in [7, 11) is 0. The molecule has 1 N–H and O–H groups in total. The number of hydrogen-bond acceptors (Lipinski definition) is 3. The standard InChI is InChI=1S/C24H26N2O3/c1-14-9-18(10-16-11-21(24(2,3)4)25-22(14)16)26(23(27)15-5-6-15)17-7-8-19-20(12-17)29-13-28-19/h7-12,15,25H,5-6,13H2,1-4H3. The van der Waals surface area contributed by atoms with Crippen LogP contribution in [0.1, 0.15) is 44.9 Å². The van der Waals surface area contributed by atoms with Gasteiger partial charge in [-0.25, -0.2) is 0 Å². The second-order valence-corrected chi connectivity index (χ2v) is 9.15. The van der Waals surface area contributed by atoms with Crippen LogP contribution in [0.4, 0.5) is 11.4 Å². The van der Waals surface area contributed by atoms with Crippen molar-refractivity contribution in [3.05, 3.63) is 47.7 Å². The van der Waals surface area contributed by atoms with E-state index in [1.165, 1.54) is 5.69 Å². The molecule has 0 atom stereocenters. The SMILES string of the molecule is Cc1cc(N(C(=O)C2CC2)c2ccc3c(c2)OCO3)cc2cc(C(C)(C)C)[nH]c12. The van der Waals surface area contributed by atoms with Crippen LogP contribution < -0.4 is 14.4 Å². The maximum absolute atomic E-state index is 13.3. The molecule has 0 bridgehead atoms. The highest BCUT2D eigenvalue weighted by molar-refractivity contribution is 6.05. The van der Waals surface area contributed by atoms with Crippen LogP contribution in [0.2, 0.25) is 0 Å². The van der Waals surface area contributed by atoms with Gasteiger partial charge in [-0.1, -0.05) is 20.8 Å². The summed E-state index contributed by atoms with van der Waals surface area (Å²) in [6.07, 6.45) is 1.92. The highest BCUT2D eigenvalue weighted by Gasteiger charge is 2.35. The van der Waals surface area contributed by atoms with Crippen molar-refractivity contribution in [1.29, 1.82) is 0 Å². The molecule has 0 radical (unpaired) electrons. The molecule has 2 aliphatic rings. The van der Waals surface area contributed by atoms with E-state index in [0.717, 1.165) is 46.4 Å². The summed E-state index contributed by atoms with van der Waals surface area (Å²) in [4.78, 5) is 18.7. The summed E-state index contributed by atoms with van der Waals surface area (Å²) in [6, 6.07) is 12.1. The fourth-order valence-corrected chi connectivity index (χ4v) is 3.88. The number of aromatic nitrogens is 1. The largest absolute Gasteiger partial charge is 0.454 e. The lowest BCUT2D eigenvalue weighted by Gasteiger charge is -2.24. The van der Waals surface area contributed by atoms with Gasteiger partial charge in [-0.2, -0.15) is 0 Å². The zero-order valence-electron chi connectivity index (χ0n) is 17.3. The quantitative estimate of drug-likeness (QED) is 0.635. The highest BCUT2D eigenvalue weighted by Crippen LogP contribution is 2.42. The molecule has 0 spiro atoms. The molecule has 5 rings (SSSR count). The van der Waals surface area contributed by atoms with Crippen LogP contribution in [0.15, 0.2) is 36.4 Å². The molecule has 2 heterocycles. The Morgan fingerprint density at radius 1 is 1.03 bits per heavy atom. The molecule has 29 heavy (non-hydrogen) atoms. The summed E-state index contributed by atoms with van der Waals surface area (Å²) in [6.45, 7) is 8.91. The topological polar surface area (TPSA) is 54.6 Å². The van der Waals surface area contributed by atoms with Crippen molar-refractivity contribution >= 4 is 28.2 Å². The lowest BCUT2D eigenvalue weighted by atomic mass is 9.92. The number of nitrogens with zero attached hydrogens (tertiary/aromatic N) is 1. The number of aromatic amines is 1. The van der Waals surface area contributed by atoms with Crippen LogP contribution in [0.25, 0.3) is 10.9 Å². The Balaban J connectivity index is 1.64. The van der Waals surface area contributed by atoms with Crippen LogP contribution in [0, 0.1) is 12.8 Å². The fourth-order valence-electron chi connectivity index (χ4n) is 3.88. The van der Waals surface area contributed by atoms with E-state index in [1.807, 2.05) is 23.1 Å². The normalized spacial score (nSPS) is 15.7. The lowest BCUT2D eigenvalue weighted by Crippen LogP contribution is -2.27. The minimum atomic E-state index is 0.0342. The number of hydrogen-bond donors (Lipinski definition) is 1. The zero-order chi connectivity index (χ0) is 20.3. The van der Waals surface area contributed by atoms with Crippen molar-refractivity contribution in [2.24, 2.45) is 5.92 Å². The van der Waals surface area contributed by atoms with Crippen molar-refractivity contribution in [2.45, 2.75) is 46.0 Å². The van der Waals surface area contributed by atoms with Gasteiger partial charge in [0.25, 0.3) is 0 Å². The first kappa shape index (κ1) is 18.1. The molecular formula is C24H26N2O3. The van der Waals surface area contributed by atoms with Gasteiger partial charge in [0, 0.05) is 39.7 Å². The van der Waals surface area contributed by atoms with Crippen molar-refractivity contribution in [2.75, 3.05) is 11.7 Å². The molecule has 1 aliphatic heterocycles. The van der Waals surface area contributed by atoms with Gasteiger partial charge >= 0.3 is 0 Å². The van der Waals surface area contributed by atoms with Gasteiger partial charge in [-0.05, 0) is 55.7 Å². The van der Waals surface area contributed by atoms with Crippen LogP contribution in [-0.4, -0.2) is 17.7 Å². The van der Waals surface area contributed by atoms with E-state index in [2.05, 4.69) is 50.9 Å². The summed E-state index contributed by atoms with van der Waals surface area (Å²) < 4.78 is 11.0. The number of H-pyrrole nitrogens is 1. The Kier molecular flexibility index (Phi) is 3.92. The summed E-state index contributed by atoms with van der Waals surface area (Å²) >= 11 is 0. The third-order valence-electron chi connectivity index (χ3n) is 5.74. The van der Waals surface area contributed by atoms with E-state index in [-0.39, 0.29) is 24.0 Å². The molecule has 1 aromatic heterocycles. The van der Waals surface area contributed by atoms with Gasteiger partial charge in [-0.15, -0.1) is 0 Å². The number of carbonyl (C=O) groups excluding carboxylic acids is 1. The minimum Gasteiger partial charge on any atom is -0.454 e.